The van der Waals surface area contributed by atoms with Gasteiger partial charge in [0.05, 0.1) is 0 Å². The molecule has 0 fully saturated rings. The highest BCUT2D eigenvalue weighted by molar-refractivity contribution is 5.70. The Morgan fingerprint density at radius 3 is 0.827 bits per heavy atom. The fourth-order valence-corrected chi connectivity index (χ4v) is 5.30. The summed E-state index contributed by atoms with van der Waals surface area (Å²) in [6.07, 6.45) is 0. The molecule has 3 aromatic heterocycles. The molecule has 3 heterocycles. The number of hydrogen-bond donors (Lipinski definition) is 0. The third kappa shape index (κ3) is 8.09. The van der Waals surface area contributed by atoms with Crippen molar-refractivity contribution < 1.29 is 0 Å². The van der Waals surface area contributed by atoms with Gasteiger partial charge in [-0.2, -0.15) is 0 Å². The lowest BCUT2D eigenvalue weighted by Crippen LogP contribution is -2.24. The van der Waals surface area contributed by atoms with Crippen molar-refractivity contribution in [1.82, 2.24) is 44.9 Å². The first-order valence-electron chi connectivity index (χ1n) is 17.8. The molecular formula is C43H49N9. The Balaban J connectivity index is 1.47. The van der Waals surface area contributed by atoms with Gasteiger partial charge in [0.1, 0.15) is 23.3 Å². The largest absolute Gasteiger partial charge is 0.217 e. The Bertz CT molecular complexity index is 2200. The summed E-state index contributed by atoms with van der Waals surface area (Å²) < 4.78 is 0. The van der Waals surface area contributed by atoms with Gasteiger partial charge >= 0.3 is 0 Å². The van der Waals surface area contributed by atoms with Gasteiger partial charge in [-0.05, 0) is 12.1 Å². The Labute approximate surface area is 308 Å². The number of hydrogen-bond acceptors (Lipinski definition) is 9. The second-order valence-electron chi connectivity index (χ2n) is 17.4. The van der Waals surface area contributed by atoms with Crippen molar-refractivity contribution in [2.45, 2.75) is 105 Å². The SMILES string of the molecule is CC(C)(C)c1nc(-c2ccccc2)nc(-c2cccc(-c3nc(-c4cccc(-c5nc(C(C)(C)C)nc(C(C)(C)C)n5)c4)nc(C(C)(C)C)n3)c2)n1. The molecule has 0 amide bonds. The second kappa shape index (κ2) is 13.3. The molecule has 6 aromatic rings. The van der Waals surface area contributed by atoms with E-state index < -0.39 is 0 Å². The molecule has 52 heavy (non-hydrogen) atoms. The van der Waals surface area contributed by atoms with E-state index in [4.69, 9.17) is 44.9 Å². The van der Waals surface area contributed by atoms with Gasteiger partial charge in [0, 0.05) is 49.5 Å². The molecule has 0 unspecified atom stereocenters. The van der Waals surface area contributed by atoms with E-state index in [0.717, 1.165) is 45.3 Å². The summed E-state index contributed by atoms with van der Waals surface area (Å²) in [5.74, 6) is 5.94. The van der Waals surface area contributed by atoms with Crippen molar-refractivity contribution in [3.63, 3.8) is 0 Å². The Hall–Kier alpha value is -5.31. The fraction of sp³-hybridized carbons (Fsp3) is 0.372. The van der Waals surface area contributed by atoms with E-state index in [1.165, 1.54) is 0 Å². The van der Waals surface area contributed by atoms with Crippen LogP contribution in [0.15, 0.2) is 78.9 Å². The smallest absolute Gasteiger partial charge is 0.163 e. The van der Waals surface area contributed by atoms with Crippen molar-refractivity contribution in [2.24, 2.45) is 0 Å². The van der Waals surface area contributed by atoms with Crippen LogP contribution in [0.1, 0.15) is 106 Å². The zero-order chi connectivity index (χ0) is 37.6. The summed E-state index contributed by atoms with van der Waals surface area (Å²) in [6, 6.07) is 26.2. The first-order chi connectivity index (χ1) is 24.3. The molecule has 0 aliphatic rings. The van der Waals surface area contributed by atoms with Crippen LogP contribution in [0.3, 0.4) is 0 Å². The van der Waals surface area contributed by atoms with Gasteiger partial charge in [-0.15, -0.1) is 0 Å². The predicted octanol–water partition coefficient (Wildman–Crippen LogP) is 9.77. The molecular weight excluding hydrogens is 643 g/mol. The monoisotopic (exact) mass is 691 g/mol. The molecule has 0 N–H and O–H groups in total. The first kappa shape index (κ1) is 36.5. The molecule has 266 valence electrons. The summed E-state index contributed by atoms with van der Waals surface area (Å²) in [5.41, 5.74) is 3.25. The molecule has 6 rings (SSSR count). The number of rotatable bonds is 5. The van der Waals surface area contributed by atoms with Crippen LogP contribution in [-0.2, 0) is 21.7 Å². The molecule has 9 heteroatoms. The Morgan fingerprint density at radius 2 is 0.519 bits per heavy atom. The van der Waals surface area contributed by atoms with E-state index in [1.807, 2.05) is 72.8 Å². The third-order valence-electron chi connectivity index (χ3n) is 8.38. The quantitative estimate of drug-likeness (QED) is 0.174. The zero-order valence-corrected chi connectivity index (χ0v) is 32.5. The summed E-state index contributed by atoms with van der Waals surface area (Å²) in [4.78, 5) is 44.6. The van der Waals surface area contributed by atoms with Crippen LogP contribution in [0.2, 0.25) is 0 Å². The minimum Gasteiger partial charge on any atom is -0.217 e. The van der Waals surface area contributed by atoms with Crippen LogP contribution in [0.4, 0.5) is 0 Å². The molecule has 0 aliphatic heterocycles. The van der Waals surface area contributed by atoms with Crippen molar-refractivity contribution >= 4 is 0 Å². The molecule has 0 spiro atoms. The number of nitrogens with zero attached hydrogens (tertiary/aromatic N) is 9. The van der Waals surface area contributed by atoms with Gasteiger partial charge in [0.2, 0.25) is 0 Å². The molecule has 0 aliphatic carbocycles. The van der Waals surface area contributed by atoms with Crippen molar-refractivity contribution in [3.05, 3.63) is 102 Å². The van der Waals surface area contributed by atoms with Crippen LogP contribution in [-0.4, -0.2) is 44.9 Å². The van der Waals surface area contributed by atoms with Gasteiger partial charge in [-0.25, -0.2) is 44.9 Å². The van der Waals surface area contributed by atoms with E-state index in [-0.39, 0.29) is 21.7 Å². The molecule has 9 nitrogen and oxygen atoms in total. The normalized spacial score (nSPS) is 12.6. The lowest BCUT2D eigenvalue weighted by Gasteiger charge is -2.22. The predicted molar refractivity (Wildman–Crippen MR) is 209 cm³/mol. The Kier molecular flexibility index (Phi) is 9.36. The van der Waals surface area contributed by atoms with Gasteiger partial charge in [-0.3, -0.25) is 0 Å². The average molecular weight is 692 g/mol. The van der Waals surface area contributed by atoms with Crippen LogP contribution < -0.4 is 0 Å². The van der Waals surface area contributed by atoms with Crippen molar-refractivity contribution in [2.75, 3.05) is 0 Å². The summed E-state index contributed by atoms with van der Waals surface area (Å²) in [5, 5.41) is 0. The minimum atomic E-state index is -0.334. The summed E-state index contributed by atoms with van der Waals surface area (Å²) >= 11 is 0. The number of aromatic nitrogens is 9. The maximum atomic E-state index is 5.06. The standard InChI is InChI=1S/C43H49N9/c1-40(2,3)36-46-31(26-18-14-13-15-19-26)44-32(47-36)27-20-16-21-28(24-27)33-45-34(49-37(48-33)41(4,5)6)29-22-17-23-30(25-29)35-50-38(42(7,8)9)52-39(51-35)43(10,11)12/h13-25H,1-12H3. The second-order valence-corrected chi connectivity index (χ2v) is 17.4. The average Bonchev–Trinajstić information content (AvgIpc) is 3.10. The lowest BCUT2D eigenvalue weighted by atomic mass is 9.93. The van der Waals surface area contributed by atoms with Crippen LogP contribution in [0.25, 0.3) is 56.9 Å². The van der Waals surface area contributed by atoms with E-state index >= 15 is 0 Å². The highest BCUT2D eigenvalue weighted by Gasteiger charge is 2.27. The Morgan fingerprint density at radius 1 is 0.269 bits per heavy atom. The first-order valence-corrected chi connectivity index (χ1v) is 17.8. The maximum Gasteiger partial charge on any atom is 0.163 e. The van der Waals surface area contributed by atoms with Gasteiger partial charge < -0.3 is 0 Å². The van der Waals surface area contributed by atoms with E-state index in [2.05, 4.69) is 89.2 Å². The maximum absolute atomic E-state index is 5.06. The summed E-state index contributed by atoms with van der Waals surface area (Å²) in [6.45, 7) is 25.4. The zero-order valence-electron chi connectivity index (χ0n) is 32.5. The molecule has 3 aromatic carbocycles. The number of benzene rings is 3. The van der Waals surface area contributed by atoms with Crippen LogP contribution in [0, 0.1) is 0 Å². The highest BCUT2D eigenvalue weighted by atomic mass is 15.1. The van der Waals surface area contributed by atoms with Gasteiger partial charge in [-0.1, -0.05) is 150 Å². The summed E-state index contributed by atoms with van der Waals surface area (Å²) in [7, 11) is 0. The molecule has 0 atom stereocenters. The lowest BCUT2D eigenvalue weighted by molar-refractivity contribution is 0.497. The molecule has 0 saturated heterocycles. The highest BCUT2D eigenvalue weighted by Crippen LogP contribution is 2.32. The van der Waals surface area contributed by atoms with Crippen LogP contribution >= 0.6 is 0 Å². The third-order valence-corrected chi connectivity index (χ3v) is 8.38. The van der Waals surface area contributed by atoms with Crippen molar-refractivity contribution in [3.8, 4) is 56.9 Å². The van der Waals surface area contributed by atoms with Gasteiger partial charge in [0.25, 0.3) is 0 Å². The van der Waals surface area contributed by atoms with Crippen molar-refractivity contribution in [1.29, 1.82) is 0 Å². The van der Waals surface area contributed by atoms with E-state index in [1.54, 1.807) is 0 Å². The van der Waals surface area contributed by atoms with Crippen LogP contribution in [0.5, 0.6) is 0 Å². The topological polar surface area (TPSA) is 116 Å². The van der Waals surface area contributed by atoms with Gasteiger partial charge in [0.15, 0.2) is 29.1 Å². The fourth-order valence-electron chi connectivity index (χ4n) is 5.30. The van der Waals surface area contributed by atoms with E-state index in [0.29, 0.717) is 34.9 Å². The minimum absolute atomic E-state index is 0.243. The van der Waals surface area contributed by atoms with E-state index in [9.17, 15) is 0 Å². The molecule has 0 saturated carbocycles. The molecule has 0 bridgehead atoms. The molecule has 0 radical (unpaired) electrons.